The molecular weight excluding hydrogens is 345 g/mol. The smallest absolute Gasteiger partial charge is 0.126 e. The predicted molar refractivity (Wildman–Crippen MR) is 82.3 cm³/mol. The maximum atomic E-state index is 13.9. The summed E-state index contributed by atoms with van der Waals surface area (Å²) in [5.41, 5.74) is 6.64. The van der Waals surface area contributed by atoms with Gasteiger partial charge < -0.3 is 10.8 Å². The lowest BCUT2D eigenvalue weighted by Gasteiger charge is -2.23. The Bertz CT molecular complexity index is 608. The SMILES string of the molecule is NCC(c1ccccc1F)C(O)c1ccc(Br)cc1Cl. The Morgan fingerprint density at radius 3 is 2.50 bits per heavy atom. The summed E-state index contributed by atoms with van der Waals surface area (Å²) in [7, 11) is 0. The van der Waals surface area contributed by atoms with E-state index in [0.717, 1.165) is 4.47 Å². The van der Waals surface area contributed by atoms with Gasteiger partial charge in [0, 0.05) is 22.0 Å². The van der Waals surface area contributed by atoms with Crippen LogP contribution in [0.1, 0.15) is 23.1 Å². The van der Waals surface area contributed by atoms with Crippen molar-refractivity contribution in [1.29, 1.82) is 0 Å². The van der Waals surface area contributed by atoms with E-state index in [-0.39, 0.29) is 12.4 Å². The Morgan fingerprint density at radius 1 is 1.20 bits per heavy atom. The van der Waals surface area contributed by atoms with Crippen molar-refractivity contribution in [2.24, 2.45) is 5.73 Å². The van der Waals surface area contributed by atoms with Crippen molar-refractivity contribution < 1.29 is 9.50 Å². The molecule has 0 aliphatic heterocycles. The molecule has 0 saturated heterocycles. The maximum Gasteiger partial charge on any atom is 0.126 e. The van der Waals surface area contributed by atoms with Crippen molar-refractivity contribution in [1.82, 2.24) is 0 Å². The first kappa shape index (κ1) is 15.4. The van der Waals surface area contributed by atoms with Gasteiger partial charge in [-0.1, -0.05) is 51.8 Å². The minimum absolute atomic E-state index is 0.120. The largest absolute Gasteiger partial charge is 0.388 e. The molecule has 0 heterocycles. The first-order valence-electron chi connectivity index (χ1n) is 6.12. The third kappa shape index (κ3) is 3.20. The molecule has 5 heteroatoms. The summed E-state index contributed by atoms with van der Waals surface area (Å²) in [6, 6.07) is 11.5. The molecule has 0 amide bonds. The monoisotopic (exact) mass is 357 g/mol. The Balaban J connectivity index is 2.39. The van der Waals surface area contributed by atoms with Gasteiger partial charge in [-0.05, 0) is 29.3 Å². The third-order valence-electron chi connectivity index (χ3n) is 3.22. The van der Waals surface area contributed by atoms with E-state index >= 15 is 0 Å². The van der Waals surface area contributed by atoms with Gasteiger partial charge in [0.05, 0.1) is 6.10 Å². The van der Waals surface area contributed by atoms with E-state index in [1.165, 1.54) is 6.07 Å². The number of hydrogen-bond donors (Lipinski definition) is 2. The van der Waals surface area contributed by atoms with Crippen LogP contribution >= 0.6 is 27.5 Å². The van der Waals surface area contributed by atoms with Gasteiger partial charge in [-0.25, -0.2) is 4.39 Å². The molecule has 0 bridgehead atoms. The van der Waals surface area contributed by atoms with Crippen LogP contribution < -0.4 is 5.73 Å². The lowest BCUT2D eigenvalue weighted by atomic mass is 9.89. The molecule has 2 nitrogen and oxygen atoms in total. The highest BCUT2D eigenvalue weighted by molar-refractivity contribution is 9.10. The van der Waals surface area contributed by atoms with Gasteiger partial charge >= 0.3 is 0 Å². The van der Waals surface area contributed by atoms with Crippen molar-refractivity contribution in [3.63, 3.8) is 0 Å². The zero-order valence-corrected chi connectivity index (χ0v) is 12.9. The van der Waals surface area contributed by atoms with Crippen LogP contribution in [0.2, 0.25) is 5.02 Å². The molecule has 2 atom stereocenters. The lowest BCUT2D eigenvalue weighted by molar-refractivity contribution is 0.146. The van der Waals surface area contributed by atoms with Crippen molar-refractivity contribution in [3.8, 4) is 0 Å². The molecule has 106 valence electrons. The second-order valence-corrected chi connectivity index (χ2v) is 5.80. The third-order valence-corrected chi connectivity index (χ3v) is 4.04. The summed E-state index contributed by atoms with van der Waals surface area (Å²) in [4.78, 5) is 0. The summed E-state index contributed by atoms with van der Waals surface area (Å²) in [5.74, 6) is -0.926. The van der Waals surface area contributed by atoms with Crippen LogP contribution in [-0.2, 0) is 0 Å². The topological polar surface area (TPSA) is 46.2 Å². The summed E-state index contributed by atoms with van der Waals surface area (Å²) < 4.78 is 14.7. The van der Waals surface area contributed by atoms with Gasteiger partial charge in [0.1, 0.15) is 5.82 Å². The molecule has 20 heavy (non-hydrogen) atoms. The number of aliphatic hydroxyl groups is 1. The predicted octanol–water partition coefficient (Wildman–Crippen LogP) is 4.02. The van der Waals surface area contributed by atoms with E-state index in [1.807, 2.05) is 0 Å². The first-order chi connectivity index (χ1) is 9.54. The van der Waals surface area contributed by atoms with Gasteiger partial charge in [0.25, 0.3) is 0 Å². The van der Waals surface area contributed by atoms with Crippen molar-refractivity contribution in [2.75, 3.05) is 6.54 Å². The quantitative estimate of drug-likeness (QED) is 0.867. The fourth-order valence-corrected chi connectivity index (χ4v) is 2.95. The molecule has 2 unspecified atom stereocenters. The zero-order chi connectivity index (χ0) is 14.7. The second-order valence-electron chi connectivity index (χ2n) is 4.47. The molecule has 0 spiro atoms. The van der Waals surface area contributed by atoms with E-state index in [9.17, 15) is 9.50 Å². The molecule has 0 aromatic heterocycles. The average molecular weight is 359 g/mol. The number of rotatable bonds is 4. The van der Waals surface area contributed by atoms with Gasteiger partial charge in [-0.2, -0.15) is 0 Å². The van der Waals surface area contributed by atoms with Crippen LogP contribution in [-0.4, -0.2) is 11.7 Å². The van der Waals surface area contributed by atoms with Gasteiger partial charge in [-0.15, -0.1) is 0 Å². The zero-order valence-electron chi connectivity index (χ0n) is 10.6. The minimum Gasteiger partial charge on any atom is -0.388 e. The minimum atomic E-state index is -0.961. The number of benzene rings is 2. The van der Waals surface area contributed by atoms with Crippen molar-refractivity contribution >= 4 is 27.5 Å². The highest BCUT2D eigenvalue weighted by Crippen LogP contribution is 2.35. The number of nitrogens with two attached hydrogens (primary N) is 1. The summed E-state index contributed by atoms with van der Waals surface area (Å²) >= 11 is 9.43. The van der Waals surface area contributed by atoms with Crippen LogP contribution in [0.5, 0.6) is 0 Å². The molecule has 0 radical (unpaired) electrons. The van der Waals surface area contributed by atoms with Gasteiger partial charge in [0.2, 0.25) is 0 Å². The standard InChI is InChI=1S/C15H14BrClFNO/c16-9-5-6-11(13(17)7-9)15(20)12(8-19)10-3-1-2-4-14(10)18/h1-7,12,15,20H,8,19H2. The van der Waals surface area contributed by atoms with E-state index in [0.29, 0.717) is 16.1 Å². The normalized spacial score (nSPS) is 14.1. The van der Waals surface area contributed by atoms with E-state index in [2.05, 4.69) is 15.9 Å². The summed E-state index contributed by atoms with van der Waals surface area (Å²) in [6.45, 7) is 0.120. The molecular formula is C15H14BrClFNO. The number of hydrogen-bond acceptors (Lipinski definition) is 2. The number of aliphatic hydroxyl groups excluding tert-OH is 1. The molecule has 2 aromatic rings. The van der Waals surface area contributed by atoms with Crippen LogP contribution in [0.3, 0.4) is 0 Å². The molecule has 0 aliphatic carbocycles. The van der Waals surface area contributed by atoms with Crippen LogP contribution in [0, 0.1) is 5.82 Å². The van der Waals surface area contributed by atoms with Crippen LogP contribution in [0.25, 0.3) is 0 Å². The fraction of sp³-hybridized carbons (Fsp3) is 0.200. The van der Waals surface area contributed by atoms with E-state index < -0.39 is 12.0 Å². The Labute approximate surface area is 130 Å². The average Bonchev–Trinajstić information content (AvgIpc) is 2.41. The summed E-state index contributed by atoms with van der Waals surface area (Å²) in [6.07, 6.45) is -0.961. The molecule has 3 N–H and O–H groups in total. The van der Waals surface area contributed by atoms with Gasteiger partial charge in [0.15, 0.2) is 0 Å². The highest BCUT2D eigenvalue weighted by Gasteiger charge is 2.25. The molecule has 0 aliphatic rings. The Morgan fingerprint density at radius 2 is 1.90 bits per heavy atom. The number of halogens is 3. The van der Waals surface area contributed by atoms with Crippen molar-refractivity contribution in [3.05, 3.63) is 68.9 Å². The lowest BCUT2D eigenvalue weighted by Crippen LogP contribution is -2.21. The molecule has 2 aromatic carbocycles. The molecule has 0 fully saturated rings. The maximum absolute atomic E-state index is 13.9. The van der Waals surface area contributed by atoms with E-state index in [4.69, 9.17) is 17.3 Å². The van der Waals surface area contributed by atoms with Crippen LogP contribution in [0.15, 0.2) is 46.9 Å². The second kappa shape index (κ2) is 6.68. The molecule has 2 rings (SSSR count). The van der Waals surface area contributed by atoms with Crippen molar-refractivity contribution in [2.45, 2.75) is 12.0 Å². The highest BCUT2D eigenvalue weighted by atomic mass is 79.9. The summed E-state index contributed by atoms with van der Waals surface area (Å²) in [5, 5.41) is 10.9. The Kier molecular flexibility index (Phi) is 5.16. The molecule has 0 saturated carbocycles. The fourth-order valence-electron chi connectivity index (χ4n) is 2.16. The van der Waals surface area contributed by atoms with E-state index in [1.54, 1.807) is 36.4 Å². The first-order valence-corrected chi connectivity index (χ1v) is 7.29. The Hall–Kier alpha value is -0.940. The van der Waals surface area contributed by atoms with Gasteiger partial charge in [-0.3, -0.25) is 0 Å². The van der Waals surface area contributed by atoms with Crippen LogP contribution in [0.4, 0.5) is 4.39 Å².